The molecule has 0 saturated carbocycles. The van der Waals surface area contributed by atoms with Crippen LogP contribution in [0.5, 0.6) is 0 Å². The van der Waals surface area contributed by atoms with Crippen molar-refractivity contribution in [2.75, 3.05) is 26.8 Å². The summed E-state index contributed by atoms with van der Waals surface area (Å²) >= 11 is 0. The number of sulfonamides is 1. The maximum Gasteiger partial charge on any atom is 0.246 e. The molecule has 1 aliphatic rings. The van der Waals surface area contributed by atoms with E-state index in [9.17, 15) is 13.5 Å². The van der Waals surface area contributed by atoms with Gasteiger partial charge in [-0.05, 0) is 0 Å². The maximum atomic E-state index is 12.3. The molecule has 1 N–H and O–H groups in total. The molecule has 1 aliphatic heterocycles. The zero-order chi connectivity index (χ0) is 14.1. The molecule has 108 valence electrons. The summed E-state index contributed by atoms with van der Waals surface area (Å²) in [6.07, 6.45) is 3.64. The molecule has 0 amide bonds. The van der Waals surface area contributed by atoms with Crippen molar-refractivity contribution in [1.82, 2.24) is 14.1 Å². The molecule has 8 heteroatoms. The summed E-state index contributed by atoms with van der Waals surface area (Å²) in [5.41, 5.74) is -1.01. The lowest BCUT2D eigenvalue weighted by Gasteiger charge is -2.34. The van der Waals surface area contributed by atoms with Crippen molar-refractivity contribution in [1.29, 1.82) is 0 Å². The van der Waals surface area contributed by atoms with E-state index in [0.29, 0.717) is 26.1 Å². The molecule has 1 saturated heterocycles. The van der Waals surface area contributed by atoms with Crippen LogP contribution in [0.15, 0.2) is 17.3 Å². The van der Waals surface area contributed by atoms with Crippen LogP contribution in [-0.4, -0.2) is 60.0 Å². The zero-order valence-corrected chi connectivity index (χ0v) is 11.9. The van der Waals surface area contributed by atoms with E-state index >= 15 is 0 Å². The SMILES string of the molecule is CN(CC1(O)CCOCC1)S(=O)(=O)c1cnn(C)c1. The van der Waals surface area contributed by atoms with Crippen molar-refractivity contribution in [3.63, 3.8) is 0 Å². The third-order valence-corrected chi connectivity index (χ3v) is 5.09. The average Bonchev–Trinajstić information content (AvgIpc) is 2.77. The van der Waals surface area contributed by atoms with Gasteiger partial charge in [-0.1, -0.05) is 0 Å². The van der Waals surface area contributed by atoms with Gasteiger partial charge in [-0.2, -0.15) is 9.40 Å². The van der Waals surface area contributed by atoms with E-state index in [0.717, 1.165) is 0 Å². The number of aryl methyl sites for hydroxylation is 1. The topological polar surface area (TPSA) is 84.7 Å². The van der Waals surface area contributed by atoms with E-state index in [2.05, 4.69) is 5.10 Å². The van der Waals surface area contributed by atoms with Crippen LogP contribution in [0.1, 0.15) is 12.8 Å². The maximum absolute atomic E-state index is 12.3. The summed E-state index contributed by atoms with van der Waals surface area (Å²) in [4.78, 5) is 0.133. The monoisotopic (exact) mass is 289 g/mol. The standard InChI is InChI=1S/C11H19N3O4S/c1-13-8-10(7-12-13)19(16,17)14(2)9-11(15)3-5-18-6-4-11/h7-8,15H,3-6,9H2,1-2H3. The first kappa shape index (κ1) is 14.4. The van der Waals surface area contributed by atoms with Crippen molar-refractivity contribution in [3.05, 3.63) is 12.4 Å². The molecule has 0 aromatic carbocycles. The zero-order valence-electron chi connectivity index (χ0n) is 11.1. The molecule has 0 bridgehead atoms. The van der Waals surface area contributed by atoms with E-state index in [-0.39, 0.29) is 11.4 Å². The number of aliphatic hydroxyl groups is 1. The normalized spacial score (nSPS) is 19.8. The molecule has 0 spiro atoms. The van der Waals surface area contributed by atoms with Crippen LogP contribution in [-0.2, 0) is 21.8 Å². The van der Waals surface area contributed by atoms with Crippen molar-refractivity contribution in [2.45, 2.75) is 23.3 Å². The smallest absolute Gasteiger partial charge is 0.246 e. The van der Waals surface area contributed by atoms with E-state index in [1.165, 1.54) is 28.4 Å². The minimum atomic E-state index is -3.61. The number of hydrogen-bond acceptors (Lipinski definition) is 5. The second kappa shape index (κ2) is 5.20. The Balaban J connectivity index is 2.12. The Morgan fingerprint density at radius 1 is 1.53 bits per heavy atom. The summed E-state index contributed by atoms with van der Waals surface area (Å²) < 4.78 is 32.4. The third-order valence-electron chi connectivity index (χ3n) is 3.33. The van der Waals surface area contributed by atoms with E-state index in [1.54, 1.807) is 7.05 Å². The fourth-order valence-electron chi connectivity index (χ4n) is 2.12. The second-order valence-electron chi connectivity index (χ2n) is 4.95. The minimum Gasteiger partial charge on any atom is -0.388 e. The highest BCUT2D eigenvalue weighted by atomic mass is 32.2. The molecule has 2 rings (SSSR count). The minimum absolute atomic E-state index is 0.0631. The largest absolute Gasteiger partial charge is 0.388 e. The van der Waals surface area contributed by atoms with E-state index in [1.807, 2.05) is 0 Å². The van der Waals surface area contributed by atoms with Gasteiger partial charge >= 0.3 is 0 Å². The number of hydrogen-bond donors (Lipinski definition) is 1. The van der Waals surface area contributed by atoms with Crippen molar-refractivity contribution < 1.29 is 18.3 Å². The molecule has 1 aromatic rings. The first-order valence-corrected chi connectivity index (χ1v) is 7.53. The van der Waals surface area contributed by atoms with Gasteiger partial charge in [0.05, 0.1) is 11.8 Å². The molecular formula is C11H19N3O4S. The Hall–Kier alpha value is -0.960. The molecular weight excluding hydrogens is 270 g/mol. The van der Waals surface area contributed by atoms with Crippen LogP contribution < -0.4 is 0 Å². The molecule has 7 nitrogen and oxygen atoms in total. The molecule has 19 heavy (non-hydrogen) atoms. The summed E-state index contributed by atoms with van der Waals surface area (Å²) in [5.74, 6) is 0. The van der Waals surface area contributed by atoms with Crippen LogP contribution in [0.3, 0.4) is 0 Å². The van der Waals surface area contributed by atoms with Crippen molar-refractivity contribution >= 4 is 10.0 Å². The van der Waals surface area contributed by atoms with Crippen LogP contribution in [0, 0.1) is 0 Å². The third kappa shape index (κ3) is 3.14. The van der Waals surface area contributed by atoms with Gasteiger partial charge in [-0.3, -0.25) is 4.68 Å². The Morgan fingerprint density at radius 3 is 2.68 bits per heavy atom. The molecule has 1 fully saturated rings. The quantitative estimate of drug-likeness (QED) is 0.814. The predicted octanol–water partition coefficient (Wildman–Crippen LogP) is -0.418. The highest BCUT2D eigenvalue weighted by molar-refractivity contribution is 7.89. The van der Waals surface area contributed by atoms with Crippen molar-refractivity contribution in [2.24, 2.45) is 7.05 Å². The van der Waals surface area contributed by atoms with Gasteiger partial charge in [-0.15, -0.1) is 0 Å². The van der Waals surface area contributed by atoms with Crippen LogP contribution in [0.4, 0.5) is 0 Å². The highest BCUT2D eigenvalue weighted by Gasteiger charge is 2.35. The average molecular weight is 289 g/mol. The Kier molecular flexibility index (Phi) is 3.95. The fraction of sp³-hybridized carbons (Fsp3) is 0.727. The Bertz CT molecular complexity index is 534. The Labute approximate surface area is 112 Å². The van der Waals surface area contributed by atoms with Gasteiger partial charge in [-0.25, -0.2) is 8.42 Å². The first-order valence-electron chi connectivity index (χ1n) is 6.09. The van der Waals surface area contributed by atoms with Gasteiger partial charge < -0.3 is 9.84 Å². The number of nitrogens with zero attached hydrogens (tertiary/aromatic N) is 3. The summed E-state index contributed by atoms with van der Waals surface area (Å²) in [6.45, 7) is 0.974. The highest BCUT2D eigenvalue weighted by Crippen LogP contribution is 2.24. The van der Waals surface area contributed by atoms with Crippen molar-refractivity contribution in [3.8, 4) is 0 Å². The fourth-order valence-corrected chi connectivity index (χ4v) is 3.36. The van der Waals surface area contributed by atoms with Crippen LogP contribution in [0.2, 0.25) is 0 Å². The lowest BCUT2D eigenvalue weighted by Crippen LogP contribution is -2.47. The van der Waals surface area contributed by atoms with Gasteiger partial charge in [0.1, 0.15) is 4.90 Å². The van der Waals surface area contributed by atoms with E-state index < -0.39 is 15.6 Å². The predicted molar refractivity (Wildman–Crippen MR) is 68.0 cm³/mol. The van der Waals surface area contributed by atoms with Gasteiger partial charge in [0.15, 0.2) is 0 Å². The summed E-state index contributed by atoms with van der Waals surface area (Å²) in [6, 6.07) is 0. The Morgan fingerprint density at radius 2 is 2.16 bits per heavy atom. The van der Waals surface area contributed by atoms with Gasteiger partial charge in [0.25, 0.3) is 0 Å². The second-order valence-corrected chi connectivity index (χ2v) is 6.99. The summed E-state index contributed by atoms with van der Waals surface area (Å²) in [5, 5.41) is 14.2. The number of aromatic nitrogens is 2. The molecule has 0 radical (unpaired) electrons. The summed E-state index contributed by atoms with van der Waals surface area (Å²) in [7, 11) is -0.481. The first-order chi connectivity index (χ1) is 8.83. The van der Waals surface area contributed by atoms with E-state index in [4.69, 9.17) is 4.74 Å². The lowest BCUT2D eigenvalue weighted by molar-refractivity contribution is -0.0689. The number of likely N-dealkylation sites (N-methyl/N-ethyl adjacent to an activating group) is 1. The van der Waals surface area contributed by atoms with Crippen LogP contribution in [0.25, 0.3) is 0 Å². The molecule has 0 aliphatic carbocycles. The molecule has 0 unspecified atom stereocenters. The number of ether oxygens (including phenoxy) is 1. The molecule has 1 aromatic heterocycles. The lowest BCUT2D eigenvalue weighted by atomic mass is 9.95. The molecule has 0 atom stereocenters. The number of rotatable bonds is 4. The van der Waals surface area contributed by atoms with Gasteiger partial charge in [0, 0.05) is 52.9 Å². The van der Waals surface area contributed by atoms with Crippen LogP contribution >= 0.6 is 0 Å². The van der Waals surface area contributed by atoms with Gasteiger partial charge in [0.2, 0.25) is 10.0 Å². The molecule has 2 heterocycles.